The second kappa shape index (κ2) is 5.24. The highest BCUT2D eigenvalue weighted by molar-refractivity contribution is 7.89. The van der Waals surface area contributed by atoms with Gasteiger partial charge in [-0.3, -0.25) is 0 Å². The molecule has 1 saturated carbocycles. The van der Waals surface area contributed by atoms with E-state index in [0.717, 1.165) is 19.3 Å². The summed E-state index contributed by atoms with van der Waals surface area (Å²) < 4.78 is 32.0. The average Bonchev–Trinajstić information content (AvgIpc) is 2.33. The van der Waals surface area contributed by atoms with Crippen LogP contribution in [-0.4, -0.2) is 44.3 Å². The first-order valence-corrected chi connectivity index (χ1v) is 8.09. The number of rotatable bonds is 2. The Labute approximate surface area is 104 Å². The Kier molecular flexibility index (Phi) is 4.10. The maximum atomic E-state index is 12.6. The molecule has 1 aliphatic heterocycles. The number of hydrogen-bond donors (Lipinski definition) is 0. The first-order chi connectivity index (χ1) is 8.01. The molecule has 17 heavy (non-hydrogen) atoms. The van der Waals surface area contributed by atoms with Crippen LogP contribution in [0.1, 0.15) is 33.1 Å². The zero-order valence-electron chi connectivity index (χ0n) is 10.8. The van der Waals surface area contributed by atoms with Crippen LogP contribution >= 0.6 is 0 Å². The monoisotopic (exact) mass is 261 g/mol. The first-order valence-electron chi connectivity index (χ1n) is 6.58. The maximum Gasteiger partial charge on any atom is 0.217 e. The van der Waals surface area contributed by atoms with Gasteiger partial charge in [0.05, 0.1) is 18.5 Å². The van der Waals surface area contributed by atoms with Crippen molar-refractivity contribution in [1.82, 2.24) is 4.31 Å². The van der Waals surface area contributed by atoms with Gasteiger partial charge in [0, 0.05) is 13.1 Å². The van der Waals surface area contributed by atoms with Crippen LogP contribution in [0.3, 0.4) is 0 Å². The molecule has 0 aromatic rings. The van der Waals surface area contributed by atoms with Crippen molar-refractivity contribution in [2.75, 3.05) is 26.3 Å². The van der Waals surface area contributed by atoms with Crippen molar-refractivity contribution in [2.45, 2.75) is 38.4 Å². The summed E-state index contributed by atoms with van der Waals surface area (Å²) >= 11 is 0. The summed E-state index contributed by atoms with van der Waals surface area (Å²) in [6.45, 7) is 6.37. The van der Waals surface area contributed by atoms with Crippen LogP contribution in [0.5, 0.6) is 0 Å². The van der Waals surface area contributed by atoms with Crippen molar-refractivity contribution < 1.29 is 13.2 Å². The molecule has 2 aliphatic rings. The van der Waals surface area contributed by atoms with E-state index in [2.05, 4.69) is 13.8 Å². The summed E-state index contributed by atoms with van der Waals surface area (Å²) in [6, 6.07) is 0. The summed E-state index contributed by atoms with van der Waals surface area (Å²) in [7, 11) is -3.11. The van der Waals surface area contributed by atoms with Crippen molar-refractivity contribution >= 4 is 10.0 Å². The quantitative estimate of drug-likeness (QED) is 0.756. The van der Waals surface area contributed by atoms with Gasteiger partial charge in [0.15, 0.2) is 0 Å². The van der Waals surface area contributed by atoms with Gasteiger partial charge in [-0.05, 0) is 24.7 Å². The molecule has 2 fully saturated rings. The Morgan fingerprint density at radius 1 is 1.12 bits per heavy atom. The van der Waals surface area contributed by atoms with E-state index >= 15 is 0 Å². The first kappa shape index (κ1) is 13.3. The van der Waals surface area contributed by atoms with Gasteiger partial charge >= 0.3 is 0 Å². The topological polar surface area (TPSA) is 46.6 Å². The van der Waals surface area contributed by atoms with Crippen molar-refractivity contribution in [3.05, 3.63) is 0 Å². The molecular weight excluding hydrogens is 238 g/mol. The summed E-state index contributed by atoms with van der Waals surface area (Å²) in [5.41, 5.74) is 0. The van der Waals surface area contributed by atoms with Crippen LogP contribution in [0.2, 0.25) is 0 Å². The van der Waals surface area contributed by atoms with Gasteiger partial charge < -0.3 is 4.74 Å². The molecule has 0 N–H and O–H groups in total. The van der Waals surface area contributed by atoms with Crippen molar-refractivity contribution in [1.29, 1.82) is 0 Å². The lowest BCUT2D eigenvalue weighted by molar-refractivity contribution is 0.0718. The van der Waals surface area contributed by atoms with E-state index in [0.29, 0.717) is 38.1 Å². The Hall–Kier alpha value is -0.130. The Morgan fingerprint density at radius 2 is 1.76 bits per heavy atom. The molecule has 100 valence electrons. The van der Waals surface area contributed by atoms with Gasteiger partial charge in [-0.1, -0.05) is 20.3 Å². The number of sulfonamides is 1. The van der Waals surface area contributed by atoms with Crippen LogP contribution < -0.4 is 0 Å². The SMILES string of the molecule is CC1CCC(C)C(S(=O)(=O)N2CCOCC2)C1. The molecule has 0 bridgehead atoms. The Morgan fingerprint density at radius 3 is 2.41 bits per heavy atom. The van der Waals surface area contributed by atoms with Gasteiger partial charge in [-0.2, -0.15) is 4.31 Å². The normalized spacial score (nSPS) is 36.9. The molecule has 0 amide bonds. The van der Waals surface area contributed by atoms with Gasteiger partial charge in [0.2, 0.25) is 10.0 Å². The largest absolute Gasteiger partial charge is 0.379 e. The zero-order chi connectivity index (χ0) is 12.5. The van der Waals surface area contributed by atoms with Crippen molar-refractivity contribution in [2.24, 2.45) is 11.8 Å². The van der Waals surface area contributed by atoms with Gasteiger partial charge in [-0.25, -0.2) is 8.42 Å². The molecule has 0 aromatic heterocycles. The van der Waals surface area contributed by atoms with E-state index in [4.69, 9.17) is 4.74 Å². The Bertz CT molecular complexity index is 349. The highest BCUT2D eigenvalue weighted by atomic mass is 32.2. The Balaban J connectivity index is 2.12. The molecule has 3 unspecified atom stereocenters. The fraction of sp³-hybridized carbons (Fsp3) is 1.00. The second-order valence-electron chi connectivity index (χ2n) is 5.49. The van der Waals surface area contributed by atoms with Gasteiger partial charge in [0.1, 0.15) is 0 Å². The summed E-state index contributed by atoms with van der Waals surface area (Å²) in [5.74, 6) is 0.825. The minimum absolute atomic E-state index is 0.177. The summed E-state index contributed by atoms with van der Waals surface area (Å²) in [4.78, 5) is 0. The van der Waals surface area contributed by atoms with E-state index < -0.39 is 10.0 Å². The van der Waals surface area contributed by atoms with E-state index in [-0.39, 0.29) is 5.25 Å². The van der Waals surface area contributed by atoms with Crippen molar-refractivity contribution in [3.63, 3.8) is 0 Å². The lowest BCUT2D eigenvalue weighted by atomic mass is 9.84. The van der Waals surface area contributed by atoms with Crippen LogP contribution in [0, 0.1) is 11.8 Å². The number of ether oxygens (including phenoxy) is 1. The molecule has 3 atom stereocenters. The predicted octanol–water partition coefficient (Wildman–Crippen LogP) is 1.47. The smallest absolute Gasteiger partial charge is 0.217 e. The highest BCUT2D eigenvalue weighted by Crippen LogP contribution is 2.34. The lowest BCUT2D eigenvalue weighted by Crippen LogP contribution is -2.48. The van der Waals surface area contributed by atoms with Crippen LogP contribution in [0.4, 0.5) is 0 Å². The third kappa shape index (κ3) is 2.83. The standard InChI is InChI=1S/C12H23NO3S/c1-10-3-4-11(2)12(9-10)17(14,15)13-5-7-16-8-6-13/h10-12H,3-9H2,1-2H3. The molecule has 2 rings (SSSR count). The fourth-order valence-electron chi connectivity index (χ4n) is 2.89. The molecule has 5 heteroatoms. The van der Waals surface area contributed by atoms with E-state index in [1.807, 2.05) is 0 Å². The summed E-state index contributed by atoms with van der Waals surface area (Å²) in [5, 5.41) is -0.177. The van der Waals surface area contributed by atoms with Crippen LogP contribution in [-0.2, 0) is 14.8 Å². The van der Waals surface area contributed by atoms with Crippen LogP contribution in [0.15, 0.2) is 0 Å². The molecule has 0 radical (unpaired) electrons. The average molecular weight is 261 g/mol. The van der Waals surface area contributed by atoms with E-state index in [9.17, 15) is 8.42 Å². The van der Waals surface area contributed by atoms with E-state index in [1.54, 1.807) is 4.31 Å². The van der Waals surface area contributed by atoms with Gasteiger partial charge in [-0.15, -0.1) is 0 Å². The summed E-state index contributed by atoms with van der Waals surface area (Å²) in [6.07, 6.45) is 3.02. The zero-order valence-corrected chi connectivity index (χ0v) is 11.6. The molecule has 1 heterocycles. The number of morpholine rings is 1. The minimum atomic E-state index is -3.11. The molecule has 0 aromatic carbocycles. The highest BCUT2D eigenvalue weighted by Gasteiger charge is 2.39. The molecular formula is C12H23NO3S. The molecule has 1 aliphatic carbocycles. The van der Waals surface area contributed by atoms with Crippen LogP contribution in [0.25, 0.3) is 0 Å². The number of hydrogen-bond acceptors (Lipinski definition) is 3. The molecule has 0 spiro atoms. The molecule has 4 nitrogen and oxygen atoms in total. The lowest BCUT2D eigenvalue weighted by Gasteiger charge is -2.37. The predicted molar refractivity (Wildman–Crippen MR) is 67.3 cm³/mol. The molecule has 1 saturated heterocycles. The van der Waals surface area contributed by atoms with Gasteiger partial charge in [0.25, 0.3) is 0 Å². The fourth-order valence-corrected chi connectivity index (χ4v) is 5.22. The maximum absolute atomic E-state index is 12.6. The van der Waals surface area contributed by atoms with E-state index in [1.165, 1.54) is 0 Å². The third-order valence-corrected chi connectivity index (χ3v) is 6.60. The third-order valence-electron chi connectivity index (χ3n) is 4.10. The number of nitrogens with zero attached hydrogens (tertiary/aromatic N) is 1. The minimum Gasteiger partial charge on any atom is -0.379 e. The van der Waals surface area contributed by atoms with Crippen molar-refractivity contribution in [3.8, 4) is 0 Å². The second-order valence-corrected chi connectivity index (χ2v) is 7.64.